The van der Waals surface area contributed by atoms with Crippen molar-refractivity contribution < 1.29 is 5.11 Å². The van der Waals surface area contributed by atoms with Crippen molar-refractivity contribution in [3.8, 4) is 11.8 Å². The lowest BCUT2D eigenvalue weighted by Gasteiger charge is -2.00. The van der Waals surface area contributed by atoms with Gasteiger partial charge in [0.05, 0.1) is 12.5 Å². The Morgan fingerprint density at radius 2 is 2.29 bits per heavy atom. The number of aromatic nitrogens is 1. The first kappa shape index (κ1) is 8.64. The van der Waals surface area contributed by atoms with E-state index in [2.05, 4.69) is 4.98 Å². The molecular formula is C11H10N2O. The van der Waals surface area contributed by atoms with E-state index >= 15 is 0 Å². The quantitative estimate of drug-likeness (QED) is 0.717. The van der Waals surface area contributed by atoms with Crippen LogP contribution in [0.25, 0.3) is 10.9 Å². The molecule has 2 rings (SSSR count). The molecule has 0 unspecified atom stereocenters. The number of nitriles is 1. The van der Waals surface area contributed by atoms with Crippen molar-refractivity contribution in [1.82, 2.24) is 4.98 Å². The predicted octanol–water partition coefficient (Wildman–Crippen LogP) is 2.25. The zero-order chi connectivity index (χ0) is 10.1. The predicted molar refractivity (Wildman–Crippen MR) is 54.0 cm³/mol. The third kappa shape index (κ3) is 1.21. The maximum atomic E-state index is 9.82. The van der Waals surface area contributed by atoms with Gasteiger partial charge in [-0.05, 0) is 19.1 Å². The third-order valence-corrected chi connectivity index (χ3v) is 2.26. The van der Waals surface area contributed by atoms with Crippen molar-refractivity contribution in [1.29, 1.82) is 5.26 Å². The first-order valence-corrected chi connectivity index (χ1v) is 4.39. The SMILES string of the molecule is Cc1cc2c(O)c(CC#N)ccc2[nH]1. The maximum Gasteiger partial charge on any atom is 0.129 e. The number of aryl methyl sites for hydroxylation is 1. The van der Waals surface area contributed by atoms with Crippen LogP contribution in [0.15, 0.2) is 18.2 Å². The monoisotopic (exact) mass is 186 g/mol. The molecule has 14 heavy (non-hydrogen) atoms. The van der Waals surface area contributed by atoms with Crippen molar-refractivity contribution in [2.45, 2.75) is 13.3 Å². The number of aromatic hydroxyl groups is 1. The van der Waals surface area contributed by atoms with Crippen molar-refractivity contribution in [3.05, 3.63) is 29.5 Å². The molecule has 0 radical (unpaired) electrons. The molecule has 0 bridgehead atoms. The number of hydrogen-bond donors (Lipinski definition) is 2. The maximum absolute atomic E-state index is 9.82. The van der Waals surface area contributed by atoms with Crippen LogP contribution < -0.4 is 0 Å². The van der Waals surface area contributed by atoms with Crippen LogP contribution in [-0.4, -0.2) is 10.1 Å². The standard InChI is InChI=1S/C11H10N2O/c1-7-6-9-10(13-7)3-2-8(4-5-12)11(9)14/h2-3,6,13-14H,4H2,1H3. The van der Waals surface area contributed by atoms with Gasteiger partial charge in [-0.3, -0.25) is 0 Å². The Kier molecular flexibility index (Phi) is 1.90. The molecule has 0 aliphatic carbocycles. The Bertz CT molecular complexity index is 520. The summed E-state index contributed by atoms with van der Waals surface area (Å²) in [4.78, 5) is 3.13. The van der Waals surface area contributed by atoms with Gasteiger partial charge in [0.2, 0.25) is 0 Å². The summed E-state index contributed by atoms with van der Waals surface area (Å²) in [5, 5.41) is 19.2. The van der Waals surface area contributed by atoms with E-state index in [1.807, 2.05) is 25.1 Å². The number of phenolic OH excluding ortho intramolecular Hbond substituents is 1. The molecule has 0 aliphatic rings. The summed E-state index contributed by atoms with van der Waals surface area (Å²) in [6.07, 6.45) is 0.242. The number of benzene rings is 1. The Morgan fingerprint density at radius 1 is 1.50 bits per heavy atom. The van der Waals surface area contributed by atoms with E-state index in [-0.39, 0.29) is 12.2 Å². The van der Waals surface area contributed by atoms with E-state index in [0.717, 1.165) is 16.6 Å². The van der Waals surface area contributed by atoms with Gasteiger partial charge in [-0.2, -0.15) is 5.26 Å². The number of nitrogens with zero attached hydrogens (tertiary/aromatic N) is 1. The lowest BCUT2D eigenvalue weighted by molar-refractivity contribution is 0.476. The second-order valence-corrected chi connectivity index (χ2v) is 3.32. The molecule has 0 spiro atoms. The molecule has 0 aliphatic heterocycles. The molecule has 2 N–H and O–H groups in total. The second-order valence-electron chi connectivity index (χ2n) is 3.32. The molecule has 1 heterocycles. The minimum atomic E-state index is 0.216. The highest BCUT2D eigenvalue weighted by Gasteiger charge is 2.07. The number of fused-ring (bicyclic) bond motifs is 1. The number of phenols is 1. The van der Waals surface area contributed by atoms with Gasteiger partial charge in [0.15, 0.2) is 0 Å². The number of rotatable bonds is 1. The van der Waals surface area contributed by atoms with Gasteiger partial charge in [-0.1, -0.05) is 6.07 Å². The first-order chi connectivity index (χ1) is 6.72. The molecule has 70 valence electrons. The summed E-state index contributed by atoms with van der Waals surface area (Å²) < 4.78 is 0. The van der Waals surface area contributed by atoms with Crippen LogP contribution in [0.2, 0.25) is 0 Å². The zero-order valence-electron chi connectivity index (χ0n) is 7.83. The Morgan fingerprint density at radius 3 is 3.00 bits per heavy atom. The fraction of sp³-hybridized carbons (Fsp3) is 0.182. The van der Waals surface area contributed by atoms with Crippen LogP contribution >= 0.6 is 0 Å². The minimum absolute atomic E-state index is 0.216. The van der Waals surface area contributed by atoms with Gasteiger partial charge >= 0.3 is 0 Å². The molecule has 0 saturated carbocycles. The van der Waals surface area contributed by atoms with Crippen LogP contribution in [0.1, 0.15) is 11.3 Å². The van der Waals surface area contributed by atoms with E-state index < -0.39 is 0 Å². The molecule has 3 nitrogen and oxygen atoms in total. The highest BCUT2D eigenvalue weighted by molar-refractivity contribution is 5.87. The van der Waals surface area contributed by atoms with Gasteiger partial charge in [-0.25, -0.2) is 0 Å². The lowest BCUT2D eigenvalue weighted by atomic mass is 10.1. The Balaban J connectivity index is 2.69. The molecule has 3 heteroatoms. The van der Waals surface area contributed by atoms with Crippen molar-refractivity contribution in [3.63, 3.8) is 0 Å². The largest absolute Gasteiger partial charge is 0.507 e. The molecular weight excluding hydrogens is 176 g/mol. The van der Waals surface area contributed by atoms with E-state index in [0.29, 0.717) is 5.56 Å². The van der Waals surface area contributed by atoms with E-state index in [4.69, 9.17) is 5.26 Å². The second kappa shape index (κ2) is 3.08. The summed E-state index contributed by atoms with van der Waals surface area (Å²) >= 11 is 0. The lowest BCUT2D eigenvalue weighted by Crippen LogP contribution is -1.82. The van der Waals surface area contributed by atoms with Crippen molar-refractivity contribution in [2.24, 2.45) is 0 Å². The van der Waals surface area contributed by atoms with Crippen molar-refractivity contribution in [2.75, 3.05) is 0 Å². The molecule has 1 aromatic carbocycles. The van der Waals surface area contributed by atoms with Crippen molar-refractivity contribution >= 4 is 10.9 Å². The zero-order valence-corrected chi connectivity index (χ0v) is 7.83. The van der Waals surface area contributed by atoms with E-state index in [9.17, 15) is 5.11 Å². The molecule has 0 atom stereocenters. The number of hydrogen-bond acceptors (Lipinski definition) is 2. The van der Waals surface area contributed by atoms with Gasteiger partial charge in [0, 0.05) is 22.2 Å². The fourth-order valence-corrected chi connectivity index (χ4v) is 1.60. The van der Waals surface area contributed by atoms with E-state index in [1.54, 1.807) is 6.07 Å². The van der Waals surface area contributed by atoms with Crippen LogP contribution in [0, 0.1) is 18.3 Å². The number of H-pyrrole nitrogens is 1. The molecule has 1 aromatic heterocycles. The average molecular weight is 186 g/mol. The summed E-state index contributed by atoms with van der Waals surface area (Å²) in [7, 11) is 0. The highest BCUT2D eigenvalue weighted by Crippen LogP contribution is 2.29. The topological polar surface area (TPSA) is 59.8 Å². The summed E-state index contributed by atoms with van der Waals surface area (Å²) in [6.45, 7) is 1.93. The molecule has 0 saturated heterocycles. The normalized spacial score (nSPS) is 10.3. The van der Waals surface area contributed by atoms with Gasteiger partial charge in [0.1, 0.15) is 5.75 Å². The first-order valence-electron chi connectivity index (χ1n) is 4.39. The third-order valence-electron chi connectivity index (χ3n) is 2.26. The van der Waals surface area contributed by atoms with E-state index in [1.165, 1.54) is 0 Å². The summed E-state index contributed by atoms with van der Waals surface area (Å²) in [5.74, 6) is 0.216. The molecule has 0 amide bonds. The van der Waals surface area contributed by atoms with Crippen LogP contribution in [0.3, 0.4) is 0 Å². The van der Waals surface area contributed by atoms with Gasteiger partial charge in [-0.15, -0.1) is 0 Å². The molecule has 2 aromatic rings. The number of nitrogens with one attached hydrogen (secondary N) is 1. The average Bonchev–Trinajstić information content (AvgIpc) is 2.52. The van der Waals surface area contributed by atoms with Crippen LogP contribution in [-0.2, 0) is 6.42 Å². The molecule has 0 fully saturated rings. The fourth-order valence-electron chi connectivity index (χ4n) is 1.60. The van der Waals surface area contributed by atoms with Crippen LogP contribution in [0.5, 0.6) is 5.75 Å². The smallest absolute Gasteiger partial charge is 0.129 e. The van der Waals surface area contributed by atoms with Crippen LogP contribution in [0.4, 0.5) is 0 Å². The summed E-state index contributed by atoms with van der Waals surface area (Å²) in [5.41, 5.74) is 2.59. The Labute approximate surface area is 81.6 Å². The van der Waals surface area contributed by atoms with Gasteiger partial charge in [0.25, 0.3) is 0 Å². The van der Waals surface area contributed by atoms with Gasteiger partial charge < -0.3 is 10.1 Å². The minimum Gasteiger partial charge on any atom is -0.507 e. The highest BCUT2D eigenvalue weighted by atomic mass is 16.3. The number of aromatic amines is 1. The summed E-state index contributed by atoms with van der Waals surface area (Å²) in [6, 6.07) is 7.56. The Hall–Kier alpha value is -1.95.